The summed E-state index contributed by atoms with van der Waals surface area (Å²) in [5.41, 5.74) is 7.49. The number of ether oxygens (including phenoxy) is 2. The maximum atomic E-state index is 6.06. The molecule has 2 aromatic carbocycles. The van der Waals surface area contributed by atoms with Gasteiger partial charge in [-0.05, 0) is 36.8 Å². The van der Waals surface area contributed by atoms with Crippen LogP contribution in [-0.2, 0) is 0 Å². The lowest BCUT2D eigenvalue weighted by molar-refractivity contribution is 0.218. The predicted octanol–water partition coefficient (Wildman–Crippen LogP) is 3.69. The van der Waals surface area contributed by atoms with Crippen molar-refractivity contribution in [3.05, 3.63) is 53.1 Å². The number of benzene rings is 2. The van der Waals surface area contributed by atoms with E-state index in [0.29, 0.717) is 35.4 Å². The molecule has 0 spiro atoms. The standard InChI is InChI=1S/C15H16ClNO2/c1-11-6-7-14(12(16)10-11)18-8-9-19-15-5-3-2-4-13(15)17/h2-7,10H,8-9,17H2,1H3. The van der Waals surface area contributed by atoms with E-state index in [1.165, 1.54) is 0 Å². The third-order valence-corrected chi connectivity index (χ3v) is 2.90. The highest BCUT2D eigenvalue weighted by Gasteiger charge is 2.02. The molecule has 0 atom stereocenters. The van der Waals surface area contributed by atoms with Crippen LogP contribution in [0.2, 0.25) is 5.02 Å². The minimum atomic E-state index is 0.414. The van der Waals surface area contributed by atoms with Gasteiger partial charge in [0.2, 0.25) is 0 Å². The van der Waals surface area contributed by atoms with Crippen LogP contribution in [0.5, 0.6) is 11.5 Å². The highest BCUT2D eigenvalue weighted by Crippen LogP contribution is 2.25. The summed E-state index contributed by atoms with van der Waals surface area (Å²) < 4.78 is 11.1. The van der Waals surface area contributed by atoms with E-state index in [4.69, 9.17) is 26.8 Å². The summed E-state index contributed by atoms with van der Waals surface area (Å²) in [4.78, 5) is 0. The van der Waals surface area contributed by atoms with Crippen molar-refractivity contribution >= 4 is 17.3 Å². The van der Waals surface area contributed by atoms with Gasteiger partial charge in [0.25, 0.3) is 0 Å². The van der Waals surface area contributed by atoms with E-state index < -0.39 is 0 Å². The minimum Gasteiger partial charge on any atom is -0.488 e. The highest BCUT2D eigenvalue weighted by molar-refractivity contribution is 6.32. The van der Waals surface area contributed by atoms with Crippen LogP contribution in [0, 0.1) is 6.92 Å². The third-order valence-electron chi connectivity index (χ3n) is 2.60. The van der Waals surface area contributed by atoms with Crippen molar-refractivity contribution in [3.63, 3.8) is 0 Å². The largest absolute Gasteiger partial charge is 0.488 e. The average molecular weight is 278 g/mol. The van der Waals surface area contributed by atoms with E-state index >= 15 is 0 Å². The molecule has 0 bridgehead atoms. The van der Waals surface area contributed by atoms with E-state index in [0.717, 1.165) is 5.56 Å². The van der Waals surface area contributed by atoms with Crippen LogP contribution < -0.4 is 15.2 Å². The molecular weight excluding hydrogens is 262 g/mol. The van der Waals surface area contributed by atoms with Gasteiger partial charge in [0.15, 0.2) is 0 Å². The van der Waals surface area contributed by atoms with E-state index in [1.807, 2.05) is 43.3 Å². The van der Waals surface area contributed by atoms with E-state index in [-0.39, 0.29) is 0 Å². The lowest BCUT2D eigenvalue weighted by atomic mass is 10.2. The predicted molar refractivity (Wildman–Crippen MR) is 78.0 cm³/mol. The highest BCUT2D eigenvalue weighted by atomic mass is 35.5. The summed E-state index contributed by atoms with van der Waals surface area (Å²) in [6.07, 6.45) is 0. The Balaban J connectivity index is 1.83. The summed E-state index contributed by atoms with van der Waals surface area (Å²) in [5, 5.41) is 0.610. The van der Waals surface area contributed by atoms with Gasteiger partial charge in [-0.2, -0.15) is 0 Å². The van der Waals surface area contributed by atoms with Crippen molar-refractivity contribution < 1.29 is 9.47 Å². The molecule has 2 aromatic rings. The van der Waals surface area contributed by atoms with Gasteiger partial charge < -0.3 is 15.2 Å². The molecule has 2 rings (SSSR count). The first-order valence-corrected chi connectivity index (χ1v) is 6.41. The first-order valence-electron chi connectivity index (χ1n) is 6.03. The minimum absolute atomic E-state index is 0.414. The van der Waals surface area contributed by atoms with Crippen LogP contribution in [0.25, 0.3) is 0 Å². The first kappa shape index (κ1) is 13.6. The Labute approximate surface area is 117 Å². The van der Waals surface area contributed by atoms with Crippen molar-refractivity contribution in [1.82, 2.24) is 0 Å². The smallest absolute Gasteiger partial charge is 0.142 e. The molecule has 0 amide bonds. The normalized spacial score (nSPS) is 10.2. The number of hydrogen-bond acceptors (Lipinski definition) is 3. The number of rotatable bonds is 5. The Morgan fingerprint density at radius 3 is 2.37 bits per heavy atom. The van der Waals surface area contributed by atoms with Gasteiger partial charge >= 0.3 is 0 Å². The topological polar surface area (TPSA) is 44.5 Å². The fourth-order valence-electron chi connectivity index (χ4n) is 1.64. The Morgan fingerprint density at radius 2 is 1.68 bits per heavy atom. The lowest BCUT2D eigenvalue weighted by Crippen LogP contribution is -2.10. The maximum Gasteiger partial charge on any atom is 0.142 e. The molecule has 4 heteroatoms. The van der Waals surface area contributed by atoms with E-state index in [2.05, 4.69) is 0 Å². The van der Waals surface area contributed by atoms with Gasteiger partial charge in [-0.3, -0.25) is 0 Å². The van der Waals surface area contributed by atoms with Gasteiger partial charge in [-0.15, -0.1) is 0 Å². The summed E-state index contributed by atoms with van der Waals surface area (Å²) in [6, 6.07) is 13.0. The van der Waals surface area contributed by atoms with Crippen molar-refractivity contribution in [3.8, 4) is 11.5 Å². The quantitative estimate of drug-likeness (QED) is 0.670. The van der Waals surface area contributed by atoms with Gasteiger partial charge in [-0.25, -0.2) is 0 Å². The Kier molecular flexibility index (Phi) is 4.53. The average Bonchev–Trinajstić information content (AvgIpc) is 2.38. The molecule has 0 unspecified atom stereocenters. The molecule has 19 heavy (non-hydrogen) atoms. The second-order valence-electron chi connectivity index (χ2n) is 4.17. The maximum absolute atomic E-state index is 6.06. The molecule has 0 aliphatic rings. The van der Waals surface area contributed by atoms with Crippen molar-refractivity contribution in [2.45, 2.75) is 6.92 Å². The molecule has 0 saturated heterocycles. The SMILES string of the molecule is Cc1ccc(OCCOc2ccccc2N)c(Cl)c1. The molecule has 0 aliphatic heterocycles. The Hall–Kier alpha value is -1.87. The molecule has 0 saturated carbocycles. The molecule has 2 N–H and O–H groups in total. The van der Waals surface area contributed by atoms with Crippen LogP contribution in [0.3, 0.4) is 0 Å². The monoisotopic (exact) mass is 277 g/mol. The first-order chi connectivity index (χ1) is 9.16. The molecule has 0 heterocycles. The second-order valence-corrected chi connectivity index (χ2v) is 4.58. The van der Waals surface area contributed by atoms with Crippen LogP contribution in [0.4, 0.5) is 5.69 Å². The van der Waals surface area contributed by atoms with Crippen molar-refractivity contribution in [2.75, 3.05) is 18.9 Å². The lowest BCUT2D eigenvalue weighted by Gasteiger charge is -2.11. The number of nitrogen functional groups attached to an aromatic ring is 1. The molecule has 0 aliphatic carbocycles. The summed E-state index contributed by atoms with van der Waals surface area (Å²) in [5.74, 6) is 1.33. The van der Waals surface area contributed by atoms with Gasteiger partial charge in [0, 0.05) is 0 Å². The zero-order valence-electron chi connectivity index (χ0n) is 10.7. The van der Waals surface area contributed by atoms with Crippen molar-refractivity contribution in [2.24, 2.45) is 0 Å². The van der Waals surface area contributed by atoms with E-state index in [9.17, 15) is 0 Å². The number of anilines is 1. The van der Waals surface area contributed by atoms with Crippen LogP contribution in [0.1, 0.15) is 5.56 Å². The molecule has 0 aromatic heterocycles. The van der Waals surface area contributed by atoms with Crippen LogP contribution in [-0.4, -0.2) is 13.2 Å². The second kappa shape index (κ2) is 6.34. The summed E-state index contributed by atoms with van der Waals surface area (Å²) in [7, 11) is 0. The Morgan fingerprint density at radius 1 is 1.00 bits per heavy atom. The molecule has 0 fully saturated rings. The van der Waals surface area contributed by atoms with Gasteiger partial charge in [0.1, 0.15) is 24.7 Å². The number of aryl methyl sites for hydroxylation is 1. The van der Waals surface area contributed by atoms with Crippen molar-refractivity contribution in [1.29, 1.82) is 0 Å². The number of halogens is 1. The number of hydrogen-bond donors (Lipinski definition) is 1. The van der Waals surface area contributed by atoms with Crippen LogP contribution >= 0.6 is 11.6 Å². The Bertz CT molecular complexity index is 558. The number of nitrogens with two attached hydrogens (primary N) is 1. The van der Waals surface area contributed by atoms with Gasteiger partial charge in [-0.1, -0.05) is 29.8 Å². The number of para-hydroxylation sites is 2. The summed E-state index contributed by atoms with van der Waals surface area (Å²) in [6.45, 7) is 2.81. The zero-order chi connectivity index (χ0) is 13.7. The molecule has 100 valence electrons. The molecular formula is C15H16ClNO2. The zero-order valence-corrected chi connectivity index (χ0v) is 11.5. The third kappa shape index (κ3) is 3.80. The molecule has 0 radical (unpaired) electrons. The fraction of sp³-hybridized carbons (Fsp3) is 0.200. The van der Waals surface area contributed by atoms with Gasteiger partial charge in [0.05, 0.1) is 10.7 Å². The van der Waals surface area contributed by atoms with Crippen LogP contribution in [0.15, 0.2) is 42.5 Å². The fourth-order valence-corrected chi connectivity index (χ4v) is 1.93. The molecule has 3 nitrogen and oxygen atoms in total. The van der Waals surface area contributed by atoms with E-state index in [1.54, 1.807) is 6.07 Å². The summed E-state index contributed by atoms with van der Waals surface area (Å²) >= 11 is 6.06.